The summed E-state index contributed by atoms with van der Waals surface area (Å²) in [4.78, 5) is 14.5. The van der Waals surface area contributed by atoms with Crippen molar-refractivity contribution in [3.05, 3.63) is 48.3 Å². The fourth-order valence-corrected chi connectivity index (χ4v) is 6.42. The van der Waals surface area contributed by atoms with Crippen LogP contribution in [-0.4, -0.2) is 67.5 Å². The highest BCUT2D eigenvalue weighted by molar-refractivity contribution is 7.89. The monoisotopic (exact) mass is 504 g/mol. The van der Waals surface area contributed by atoms with Crippen molar-refractivity contribution in [2.24, 2.45) is 11.8 Å². The van der Waals surface area contributed by atoms with E-state index in [1.165, 1.54) is 22.5 Å². The number of likely N-dealkylation sites (N-methyl/N-ethyl adjacent to an activating group) is 1. The molecule has 0 spiro atoms. The second-order valence-electron chi connectivity index (χ2n) is 9.75. The van der Waals surface area contributed by atoms with E-state index in [4.69, 9.17) is 4.74 Å². The molecule has 1 saturated carbocycles. The lowest BCUT2D eigenvalue weighted by Crippen LogP contribution is -2.50. The predicted octanol–water partition coefficient (Wildman–Crippen LogP) is 3.52. The van der Waals surface area contributed by atoms with Crippen LogP contribution in [0.3, 0.4) is 0 Å². The second-order valence-corrected chi connectivity index (χ2v) is 11.6. The summed E-state index contributed by atoms with van der Waals surface area (Å²) >= 11 is 0. The molecule has 1 amide bonds. The van der Waals surface area contributed by atoms with Gasteiger partial charge in [-0.2, -0.15) is 4.31 Å². The van der Waals surface area contributed by atoms with Crippen LogP contribution in [0.1, 0.15) is 33.1 Å². The Morgan fingerprint density at radius 2 is 1.86 bits per heavy atom. The molecule has 0 saturated heterocycles. The van der Waals surface area contributed by atoms with E-state index in [2.05, 4.69) is 0 Å². The van der Waals surface area contributed by atoms with E-state index in [9.17, 15) is 22.7 Å². The highest BCUT2D eigenvalue weighted by Gasteiger charge is 2.39. The van der Waals surface area contributed by atoms with Gasteiger partial charge in [0.25, 0.3) is 0 Å². The molecule has 1 heterocycles. The fourth-order valence-electron chi connectivity index (χ4n) is 4.59. The third kappa shape index (κ3) is 5.22. The highest BCUT2D eigenvalue weighted by Crippen LogP contribution is 2.37. The Bertz CT molecular complexity index is 1170. The molecule has 2 aliphatic rings. The van der Waals surface area contributed by atoms with Crippen LogP contribution in [0.25, 0.3) is 11.1 Å². The zero-order valence-electron chi connectivity index (χ0n) is 20.4. The summed E-state index contributed by atoms with van der Waals surface area (Å²) in [7, 11) is -2.20. The highest BCUT2D eigenvalue weighted by atomic mass is 32.2. The summed E-state index contributed by atoms with van der Waals surface area (Å²) < 4.78 is 48.3. The van der Waals surface area contributed by atoms with Crippen LogP contribution >= 0.6 is 0 Å². The topological polar surface area (TPSA) is 87.2 Å². The fraction of sp³-hybridized carbons (Fsp3) is 0.500. The van der Waals surface area contributed by atoms with Crippen molar-refractivity contribution >= 4 is 15.9 Å². The molecule has 0 aromatic heterocycles. The van der Waals surface area contributed by atoms with Gasteiger partial charge in [-0.3, -0.25) is 4.79 Å². The number of ether oxygens (including phenoxy) is 1. The average molecular weight is 505 g/mol. The van der Waals surface area contributed by atoms with Crippen LogP contribution in [0.15, 0.2) is 47.4 Å². The molecule has 7 nitrogen and oxygen atoms in total. The molecule has 1 fully saturated rings. The Labute approximate surface area is 206 Å². The number of aliphatic hydroxyl groups excluding tert-OH is 1. The van der Waals surface area contributed by atoms with Crippen molar-refractivity contribution in [1.29, 1.82) is 0 Å². The Balaban J connectivity index is 1.74. The predicted molar refractivity (Wildman–Crippen MR) is 131 cm³/mol. The molecule has 2 aromatic rings. The van der Waals surface area contributed by atoms with Gasteiger partial charge in [0.05, 0.1) is 13.2 Å². The molecule has 0 unspecified atom stereocenters. The lowest BCUT2D eigenvalue weighted by atomic mass is 9.84. The summed E-state index contributed by atoms with van der Waals surface area (Å²) in [5.74, 6) is -0.295. The normalized spacial score (nSPS) is 23.2. The van der Waals surface area contributed by atoms with E-state index < -0.39 is 22.2 Å². The second kappa shape index (κ2) is 10.2. The summed E-state index contributed by atoms with van der Waals surface area (Å²) in [5, 5.41) is 9.79. The lowest BCUT2D eigenvalue weighted by molar-refractivity contribution is -0.138. The molecule has 0 bridgehead atoms. The minimum atomic E-state index is -3.96. The summed E-state index contributed by atoms with van der Waals surface area (Å²) in [6.45, 7) is 3.71. The van der Waals surface area contributed by atoms with Crippen molar-refractivity contribution in [1.82, 2.24) is 9.21 Å². The van der Waals surface area contributed by atoms with E-state index in [1.807, 2.05) is 6.92 Å². The Kier molecular flexibility index (Phi) is 7.49. The number of hydrogen-bond donors (Lipinski definition) is 1. The van der Waals surface area contributed by atoms with Gasteiger partial charge in [-0.05, 0) is 55.2 Å². The molecule has 1 N–H and O–H groups in total. The minimum absolute atomic E-state index is 0.00790. The number of rotatable bonds is 6. The summed E-state index contributed by atoms with van der Waals surface area (Å²) in [5.41, 5.74) is 1.41. The maximum atomic E-state index is 13.6. The van der Waals surface area contributed by atoms with Crippen LogP contribution in [0.4, 0.5) is 4.39 Å². The van der Waals surface area contributed by atoms with Crippen LogP contribution in [0, 0.1) is 17.7 Å². The molecule has 0 radical (unpaired) electrons. The van der Waals surface area contributed by atoms with Crippen molar-refractivity contribution in [2.75, 3.05) is 26.7 Å². The SMILES string of the molecule is C[C@@H]1CN([C@@H](C)CO)S(=O)(=O)c2ccc(-c3ccc(F)cc3)cc2O[C@H]1CN(C)C(=O)C1CCC1. The minimum Gasteiger partial charge on any atom is -0.487 e. The molecule has 4 rings (SSSR count). The Morgan fingerprint density at radius 1 is 1.20 bits per heavy atom. The van der Waals surface area contributed by atoms with E-state index in [1.54, 1.807) is 43.1 Å². The first-order valence-corrected chi connectivity index (χ1v) is 13.5. The first-order valence-electron chi connectivity index (χ1n) is 12.1. The van der Waals surface area contributed by atoms with Crippen molar-refractivity contribution < 1.29 is 27.4 Å². The van der Waals surface area contributed by atoms with Crippen molar-refractivity contribution in [2.45, 2.75) is 50.2 Å². The smallest absolute Gasteiger partial charge is 0.247 e. The van der Waals surface area contributed by atoms with Gasteiger partial charge < -0.3 is 14.7 Å². The van der Waals surface area contributed by atoms with Crippen LogP contribution in [0.5, 0.6) is 5.75 Å². The summed E-state index contributed by atoms with van der Waals surface area (Å²) in [6, 6.07) is 10.1. The van der Waals surface area contributed by atoms with Crippen LogP contribution < -0.4 is 4.74 Å². The van der Waals surface area contributed by atoms with Gasteiger partial charge in [0, 0.05) is 31.5 Å². The van der Waals surface area contributed by atoms with E-state index in [0.717, 1.165) is 24.8 Å². The quantitative estimate of drug-likeness (QED) is 0.651. The molecular weight excluding hydrogens is 471 g/mol. The average Bonchev–Trinajstić information content (AvgIpc) is 2.79. The van der Waals surface area contributed by atoms with Gasteiger partial charge >= 0.3 is 0 Å². The van der Waals surface area contributed by atoms with Gasteiger partial charge in [0.15, 0.2) is 0 Å². The number of fused-ring (bicyclic) bond motifs is 1. The van der Waals surface area contributed by atoms with Gasteiger partial charge in [0.2, 0.25) is 15.9 Å². The third-order valence-electron chi connectivity index (χ3n) is 7.13. The maximum Gasteiger partial charge on any atom is 0.247 e. The van der Waals surface area contributed by atoms with Crippen LogP contribution in [0.2, 0.25) is 0 Å². The number of carbonyl (C=O) groups excluding carboxylic acids is 1. The number of benzene rings is 2. The number of nitrogens with zero attached hydrogens (tertiary/aromatic N) is 2. The Hall–Kier alpha value is -2.49. The number of halogens is 1. The first kappa shape index (κ1) is 25.6. The largest absolute Gasteiger partial charge is 0.487 e. The molecule has 9 heteroatoms. The molecular formula is C26H33FN2O5S. The van der Waals surface area contributed by atoms with Crippen molar-refractivity contribution in [3.8, 4) is 16.9 Å². The van der Waals surface area contributed by atoms with Gasteiger partial charge in [0.1, 0.15) is 22.6 Å². The molecule has 1 aliphatic carbocycles. The molecule has 2 aromatic carbocycles. The zero-order chi connectivity index (χ0) is 25.3. The molecule has 3 atom stereocenters. The number of sulfonamides is 1. The van der Waals surface area contributed by atoms with Gasteiger partial charge in [-0.1, -0.05) is 31.5 Å². The van der Waals surface area contributed by atoms with E-state index >= 15 is 0 Å². The zero-order valence-corrected chi connectivity index (χ0v) is 21.2. The molecule has 190 valence electrons. The van der Waals surface area contributed by atoms with Crippen molar-refractivity contribution in [3.63, 3.8) is 0 Å². The molecule has 35 heavy (non-hydrogen) atoms. The van der Waals surface area contributed by atoms with Gasteiger partial charge in [-0.25, -0.2) is 12.8 Å². The number of hydrogen-bond acceptors (Lipinski definition) is 5. The van der Waals surface area contributed by atoms with E-state index in [-0.39, 0.29) is 47.4 Å². The maximum absolute atomic E-state index is 13.6. The lowest BCUT2D eigenvalue weighted by Gasteiger charge is -2.38. The third-order valence-corrected chi connectivity index (χ3v) is 9.15. The number of amides is 1. The number of aliphatic hydroxyl groups is 1. The van der Waals surface area contributed by atoms with Crippen LogP contribution in [-0.2, 0) is 14.8 Å². The first-order chi connectivity index (χ1) is 16.6. The number of carbonyl (C=O) groups is 1. The molecule has 1 aliphatic heterocycles. The summed E-state index contributed by atoms with van der Waals surface area (Å²) in [6.07, 6.45) is 2.39. The standard InChI is InChI=1S/C26H33FN2O5S/c1-17-14-29(18(2)16-30)35(32,33)25-12-9-21(19-7-10-22(27)11-8-19)13-23(25)34-24(17)15-28(3)26(31)20-5-4-6-20/h7-13,17-18,20,24,30H,4-6,14-16H2,1-3H3/t17-,18+,24+/m1/s1. The Morgan fingerprint density at radius 3 is 2.46 bits per heavy atom. The van der Waals surface area contributed by atoms with E-state index in [0.29, 0.717) is 12.1 Å². The van der Waals surface area contributed by atoms with Gasteiger partial charge in [-0.15, -0.1) is 0 Å².